The first-order valence-corrected chi connectivity index (χ1v) is 12.4. The number of hydrogen-bond acceptors (Lipinski definition) is 7. The lowest BCUT2D eigenvalue weighted by Gasteiger charge is -2.62. The van der Waals surface area contributed by atoms with Gasteiger partial charge in [0.15, 0.2) is 17.8 Å². The highest BCUT2D eigenvalue weighted by Crippen LogP contribution is 2.62. The third-order valence-corrected chi connectivity index (χ3v) is 8.87. The number of carbonyl (C=O) groups is 1. The summed E-state index contributed by atoms with van der Waals surface area (Å²) in [6.45, 7) is 6.22. The van der Waals surface area contributed by atoms with Crippen molar-refractivity contribution in [1.29, 1.82) is 0 Å². The van der Waals surface area contributed by atoms with Gasteiger partial charge in [-0.2, -0.15) is 0 Å². The van der Waals surface area contributed by atoms with Crippen LogP contribution in [0.15, 0.2) is 18.2 Å². The molecule has 4 aliphatic rings. The summed E-state index contributed by atoms with van der Waals surface area (Å²) in [7, 11) is 1.66. The Morgan fingerprint density at radius 1 is 1.18 bits per heavy atom. The monoisotopic (exact) mass is 475 g/mol. The molecule has 2 aliphatic heterocycles. The SMILES string of the molecule is COC[C@@H]1OC[C@@]2(C)[C@@H]3CC[C@@H](O)[C@@H](CC(=O)NCc4ccc5c(c4)OCO5)[C@]3(C)CC[C@@H]2O1. The molecule has 2 N–H and O–H groups in total. The molecule has 2 heterocycles. The molecule has 0 aromatic heterocycles. The van der Waals surface area contributed by atoms with Gasteiger partial charge in [-0.05, 0) is 60.6 Å². The molecule has 1 amide bonds. The molecule has 1 aromatic rings. The van der Waals surface area contributed by atoms with Gasteiger partial charge in [0, 0.05) is 25.5 Å². The van der Waals surface area contributed by atoms with Crippen molar-refractivity contribution < 1.29 is 33.6 Å². The van der Waals surface area contributed by atoms with Crippen LogP contribution in [0.25, 0.3) is 0 Å². The van der Waals surface area contributed by atoms with Gasteiger partial charge in [0.25, 0.3) is 0 Å². The van der Waals surface area contributed by atoms with Gasteiger partial charge >= 0.3 is 0 Å². The fourth-order valence-corrected chi connectivity index (χ4v) is 7.03. The molecule has 5 rings (SSSR count). The molecule has 8 nitrogen and oxygen atoms in total. The van der Waals surface area contributed by atoms with E-state index in [1.165, 1.54) is 0 Å². The summed E-state index contributed by atoms with van der Waals surface area (Å²) in [5.41, 5.74) is 0.666. The van der Waals surface area contributed by atoms with Crippen molar-refractivity contribution in [2.45, 2.75) is 71.0 Å². The fraction of sp³-hybridized carbons (Fsp3) is 0.731. The van der Waals surface area contributed by atoms with Crippen molar-refractivity contribution in [2.75, 3.05) is 27.1 Å². The minimum absolute atomic E-state index is 0.0350. The van der Waals surface area contributed by atoms with E-state index < -0.39 is 6.10 Å². The molecule has 2 saturated carbocycles. The molecule has 8 heteroatoms. The second-order valence-corrected chi connectivity index (χ2v) is 10.8. The average molecular weight is 476 g/mol. The van der Waals surface area contributed by atoms with Crippen molar-refractivity contribution >= 4 is 5.91 Å². The molecular formula is C26H37NO7. The van der Waals surface area contributed by atoms with E-state index in [-0.39, 0.29) is 41.8 Å². The Balaban J connectivity index is 1.25. The van der Waals surface area contributed by atoms with Crippen molar-refractivity contribution in [2.24, 2.45) is 22.7 Å². The quantitative estimate of drug-likeness (QED) is 0.653. The summed E-state index contributed by atoms with van der Waals surface area (Å²) in [4.78, 5) is 13.0. The number of fused-ring (bicyclic) bond motifs is 4. The number of benzene rings is 1. The normalized spacial score (nSPS) is 38.6. The summed E-state index contributed by atoms with van der Waals surface area (Å²) >= 11 is 0. The lowest BCUT2D eigenvalue weighted by Crippen LogP contribution is -2.63. The van der Waals surface area contributed by atoms with E-state index in [0.29, 0.717) is 44.3 Å². The van der Waals surface area contributed by atoms with Crippen molar-refractivity contribution in [3.8, 4) is 11.5 Å². The zero-order chi connectivity index (χ0) is 23.9. The Kier molecular flexibility index (Phi) is 6.52. The van der Waals surface area contributed by atoms with Crippen LogP contribution in [-0.2, 0) is 25.5 Å². The Labute approximate surface area is 201 Å². The van der Waals surface area contributed by atoms with Crippen molar-refractivity contribution in [3.05, 3.63) is 23.8 Å². The number of ether oxygens (including phenoxy) is 5. The predicted octanol–water partition coefficient (Wildman–Crippen LogP) is 3.00. The predicted molar refractivity (Wildman–Crippen MR) is 123 cm³/mol. The molecule has 34 heavy (non-hydrogen) atoms. The fourth-order valence-electron chi connectivity index (χ4n) is 7.03. The number of carbonyl (C=O) groups excluding carboxylic acids is 1. The lowest BCUT2D eigenvalue weighted by atomic mass is 9.46. The summed E-state index contributed by atoms with van der Waals surface area (Å²) in [5, 5.41) is 14.1. The number of nitrogens with one attached hydrogen (secondary N) is 1. The van der Waals surface area contributed by atoms with E-state index in [0.717, 1.165) is 30.6 Å². The van der Waals surface area contributed by atoms with Crippen LogP contribution in [-0.4, -0.2) is 56.6 Å². The van der Waals surface area contributed by atoms with E-state index in [2.05, 4.69) is 19.2 Å². The second-order valence-electron chi connectivity index (χ2n) is 10.8. The molecule has 188 valence electrons. The molecule has 0 spiro atoms. The number of methoxy groups -OCH3 is 1. The van der Waals surface area contributed by atoms with Gasteiger partial charge < -0.3 is 34.1 Å². The van der Waals surface area contributed by atoms with E-state index in [4.69, 9.17) is 23.7 Å². The van der Waals surface area contributed by atoms with Gasteiger partial charge in [-0.3, -0.25) is 4.79 Å². The van der Waals surface area contributed by atoms with E-state index in [1.54, 1.807) is 7.11 Å². The van der Waals surface area contributed by atoms with Crippen molar-refractivity contribution in [1.82, 2.24) is 5.32 Å². The first-order chi connectivity index (χ1) is 16.3. The zero-order valence-electron chi connectivity index (χ0n) is 20.4. The van der Waals surface area contributed by atoms with Crippen LogP contribution in [0.2, 0.25) is 0 Å². The highest BCUT2D eigenvalue weighted by atomic mass is 16.7. The average Bonchev–Trinajstić information content (AvgIpc) is 3.28. The molecule has 1 saturated heterocycles. The maximum absolute atomic E-state index is 13.0. The van der Waals surface area contributed by atoms with Gasteiger partial charge in [-0.25, -0.2) is 0 Å². The molecular weight excluding hydrogens is 438 g/mol. The minimum atomic E-state index is -0.482. The summed E-state index contributed by atoms with van der Waals surface area (Å²) in [5.74, 6) is 1.62. The molecule has 1 aromatic carbocycles. The van der Waals surface area contributed by atoms with E-state index >= 15 is 0 Å². The first kappa shape index (κ1) is 23.9. The van der Waals surface area contributed by atoms with Gasteiger partial charge in [-0.15, -0.1) is 0 Å². The maximum atomic E-state index is 13.0. The largest absolute Gasteiger partial charge is 0.454 e. The Morgan fingerprint density at radius 2 is 2.00 bits per heavy atom. The van der Waals surface area contributed by atoms with Crippen LogP contribution in [0.5, 0.6) is 11.5 Å². The van der Waals surface area contributed by atoms with Gasteiger partial charge in [0.1, 0.15) is 0 Å². The first-order valence-electron chi connectivity index (χ1n) is 12.4. The Hall–Kier alpha value is -1.87. The maximum Gasteiger partial charge on any atom is 0.231 e. The molecule has 3 fully saturated rings. The van der Waals surface area contributed by atoms with Crippen LogP contribution in [0.1, 0.15) is 51.5 Å². The van der Waals surface area contributed by atoms with Crippen LogP contribution in [0.3, 0.4) is 0 Å². The number of aliphatic hydroxyl groups is 1. The third-order valence-electron chi connectivity index (χ3n) is 8.87. The van der Waals surface area contributed by atoms with Crippen LogP contribution < -0.4 is 14.8 Å². The number of rotatable bonds is 6. The Bertz CT molecular complexity index is 909. The highest BCUT2D eigenvalue weighted by molar-refractivity contribution is 5.76. The second kappa shape index (κ2) is 9.30. The van der Waals surface area contributed by atoms with Crippen LogP contribution in [0, 0.1) is 22.7 Å². The van der Waals surface area contributed by atoms with Crippen LogP contribution in [0.4, 0.5) is 0 Å². The van der Waals surface area contributed by atoms with Crippen molar-refractivity contribution in [3.63, 3.8) is 0 Å². The molecule has 0 radical (unpaired) electrons. The van der Waals surface area contributed by atoms with E-state index in [9.17, 15) is 9.90 Å². The van der Waals surface area contributed by atoms with Gasteiger partial charge in [-0.1, -0.05) is 19.9 Å². The lowest BCUT2D eigenvalue weighted by molar-refractivity contribution is -0.315. The third kappa shape index (κ3) is 4.19. The molecule has 2 aliphatic carbocycles. The number of amides is 1. The standard InChI is InChI=1S/C26H37NO7/c1-25-9-8-22-26(2,14-31-24(34-22)13-30-3)21(25)7-5-18(28)17(25)11-23(29)27-12-16-4-6-19-20(10-16)33-15-32-19/h4,6,10,17-18,21-22,24,28H,5,7-9,11-15H2,1-3H3,(H,27,29)/t17-,18-,21-,22+,24-,25+,26+/m1/s1. The summed E-state index contributed by atoms with van der Waals surface area (Å²) in [6.07, 6.45) is 3.06. The summed E-state index contributed by atoms with van der Waals surface area (Å²) < 4.78 is 28.3. The summed E-state index contributed by atoms with van der Waals surface area (Å²) in [6, 6.07) is 5.70. The topological polar surface area (TPSA) is 95.5 Å². The Morgan fingerprint density at radius 3 is 2.82 bits per heavy atom. The highest BCUT2D eigenvalue weighted by Gasteiger charge is 2.61. The minimum Gasteiger partial charge on any atom is -0.454 e. The zero-order valence-corrected chi connectivity index (χ0v) is 20.4. The van der Waals surface area contributed by atoms with E-state index in [1.807, 2.05) is 18.2 Å². The molecule has 0 bridgehead atoms. The van der Waals surface area contributed by atoms with Gasteiger partial charge in [0.2, 0.25) is 12.7 Å². The van der Waals surface area contributed by atoms with Gasteiger partial charge in [0.05, 0.1) is 25.4 Å². The molecule has 0 unspecified atom stereocenters. The number of hydrogen-bond donors (Lipinski definition) is 2. The molecule has 7 atom stereocenters. The smallest absolute Gasteiger partial charge is 0.231 e. The van der Waals surface area contributed by atoms with Crippen LogP contribution >= 0.6 is 0 Å². The number of aliphatic hydroxyl groups excluding tert-OH is 1.